The summed E-state index contributed by atoms with van der Waals surface area (Å²) in [5, 5.41) is 0. The van der Waals surface area contributed by atoms with Crippen LogP contribution < -0.4 is 10.5 Å². The van der Waals surface area contributed by atoms with E-state index in [0.29, 0.717) is 12.0 Å². The van der Waals surface area contributed by atoms with Crippen molar-refractivity contribution < 1.29 is 9.13 Å². The Kier molecular flexibility index (Phi) is 4.66. The molecule has 1 heterocycles. The van der Waals surface area contributed by atoms with E-state index in [-0.39, 0.29) is 17.6 Å². The molecule has 3 nitrogen and oxygen atoms in total. The third-order valence-electron chi connectivity index (χ3n) is 4.38. The molecule has 0 aromatic heterocycles. The number of likely N-dealkylation sites (tertiary alicyclic amines) is 1. The highest BCUT2D eigenvalue weighted by atomic mass is 19.1. The van der Waals surface area contributed by atoms with Gasteiger partial charge in [-0.1, -0.05) is 19.9 Å². The van der Waals surface area contributed by atoms with Crippen molar-refractivity contribution in [2.45, 2.75) is 32.7 Å². The maximum absolute atomic E-state index is 13.9. The molecule has 1 aliphatic heterocycles. The highest BCUT2D eigenvalue weighted by Crippen LogP contribution is 2.34. The largest absolute Gasteiger partial charge is 0.494 e. The van der Waals surface area contributed by atoms with Crippen LogP contribution in [-0.2, 0) is 0 Å². The highest BCUT2D eigenvalue weighted by Gasteiger charge is 2.29. The summed E-state index contributed by atoms with van der Waals surface area (Å²) >= 11 is 0. The molecule has 2 N–H and O–H groups in total. The van der Waals surface area contributed by atoms with E-state index in [9.17, 15) is 4.39 Å². The van der Waals surface area contributed by atoms with Crippen LogP contribution >= 0.6 is 0 Å². The Morgan fingerprint density at radius 2 is 2.00 bits per heavy atom. The standard InChI is InChI=1S/C16H25FN2O/c1-16(2)6-8-19(9-7-16)14(11-18)12-4-5-15(20-3)13(17)10-12/h4-5,10,14H,6-9,11,18H2,1-3H3. The van der Waals surface area contributed by atoms with Crippen molar-refractivity contribution >= 4 is 0 Å². The SMILES string of the molecule is COc1ccc(C(CN)N2CCC(C)(C)CC2)cc1F. The summed E-state index contributed by atoms with van der Waals surface area (Å²) < 4.78 is 18.8. The summed E-state index contributed by atoms with van der Waals surface area (Å²) in [4.78, 5) is 2.37. The minimum Gasteiger partial charge on any atom is -0.494 e. The Morgan fingerprint density at radius 3 is 2.50 bits per heavy atom. The summed E-state index contributed by atoms with van der Waals surface area (Å²) in [6, 6.07) is 5.24. The third kappa shape index (κ3) is 3.30. The lowest BCUT2D eigenvalue weighted by Gasteiger charge is -2.41. The van der Waals surface area contributed by atoms with Crippen molar-refractivity contribution in [2.24, 2.45) is 11.1 Å². The Morgan fingerprint density at radius 1 is 1.35 bits per heavy atom. The zero-order valence-corrected chi connectivity index (χ0v) is 12.7. The van der Waals surface area contributed by atoms with Gasteiger partial charge in [-0.25, -0.2) is 4.39 Å². The van der Waals surface area contributed by atoms with Gasteiger partial charge in [-0.2, -0.15) is 0 Å². The second-order valence-corrected chi connectivity index (χ2v) is 6.35. The fraction of sp³-hybridized carbons (Fsp3) is 0.625. The normalized spacial score (nSPS) is 20.6. The van der Waals surface area contributed by atoms with Gasteiger partial charge in [0.2, 0.25) is 0 Å². The van der Waals surface area contributed by atoms with Crippen molar-refractivity contribution in [3.8, 4) is 5.75 Å². The van der Waals surface area contributed by atoms with Crippen LogP contribution in [0.25, 0.3) is 0 Å². The van der Waals surface area contributed by atoms with Crippen LogP contribution in [0.2, 0.25) is 0 Å². The predicted molar refractivity (Wildman–Crippen MR) is 79.3 cm³/mol. The van der Waals surface area contributed by atoms with E-state index in [1.54, 1.807) is 12.1 Å². The first-order chi connectivity index (χ1) is 9.46. The quantitative estimate of drug-likeness (QED) is 0.921. The van der Waals surface area contributed by atoms with Gasteiger partial charge in [0.05, 0.1) is 7.11 Å². The van der Waals surface area contributed by atoms with Crippen molar-refractivity contribution in [1.29, 1.82) is 0 Å². The number of methoxy groups -OCH3 is 1. The van der Waals surface area contributed by atoms with Gasteiger partial charge in [-0.3, -0.25) is 4.90 Å². The number of nitrogens with zero attached hydrogens (tertiary/aromatic N) is 1. The van der Waals surface area contributed by atoms with Crippen molar-refractivity contribution in [1.82, 2.24) is 4.90 Å². The molecule has 1 aromatic rings. The lowest BCUT2D eigenvalue weighted by molar-refractivity contribution is 0.0962. The number of rotatable bonds is 4. The summed E-state index contributed by atoms with van der Waals surface area (Å²) in [6.45, 7) is 7.14. The van der Waals surface area contributed by atoms with Gasteiger partial charge in [0.15, 0.2) is 11.6 Å². The van der Waals surface area contributed by atoms with E-state index in [1.807, 2.05) is 6.07 Å². The summed E-state index contributed by atoms with van der Waals surface area (Å²) in [5.41, 5.74) is 7.27. The van der Waals surface area contributed by atoms with Crippen LogP contribution in [0.1, 0.15) is 38.3 Å². The number of benzene rings is 1. The van der Waals surface area contributed by atoms with Gasteiger partial charge in [0, 0.05) is 12.6 Å². The summed E-state index contributed by atoms with van der Waals surface area (Å²) in [5.74, 6) is -0.0370. The molecule has 112 valence electrons. The molecule has 1 aliphatic rings. The Balaban J connectivity index is 2.14. The van der Waals surface area contributed by atoms with Gasteiger partial charge in [0.25, 0.3) is 0 Å². The monoisotopic (exact) mass is 280 g/mol. The van der Waals surface area contributed by atoms with E-state index >= 15 is 0 Å². The number of hydrogen-bond acceptors (Lipinski definition) is 3. The van der Waals surface area contributed by atoms with Crippen molar-refractivity contribution in [2.75, 3.05) is 26.7 Å². The lowest BCUT2D eigenvalue weighted by atomic mass is 9.82. The molecule has 0 radical (unpaired) electrons. The fourth-order valence-electron chi connectivity index (χ4n) is 2.83. The zero-order valence-electron chi connectivity index (χ0n) is 12.7. The smallest absolute Gasteiger partial charge is 0.165 e. The molecule has 4 heteroatoms. The molecule has 0 spiro atoms. The van der Waals surface area contributed by atoms with Crippen LogP contribution in [-0.4, -0.2) is 31.6 Å². The molecule has 1 unspecified atom stereocenters. The van der Waals surface area contributed by atoms with Crippen LogP contribution in [0.5, 0.6) is 5.75 Å². The zero-order chi connectivity index (χ0) is 14.8. The average molecular weight is 280 g/mol. The van der Waals surface area contributed by atoms with Gasteiger partial charge in [0.1, 0.15) is 0 Å². The molecular formula is C16H25FN2O. The van der Waals surface area contributed by atoms with E-state index < -0.39 is 0 Å². The molecule has 20 heavy (non-hydrogen) atoms. The number of halogens is 1. The Hall–Kier alpha value is -1.13. The molecule has 0 amide bonds. The predicted octanol–water partition coefficient (Wildman–Crippen LogP) is 2.96. The molecule has 1 atom stereocenters. The number of hydrogen-bond donors (Lipinski definition) is 1. The van der Waals surface area contributed by atoms with Gasteiger partial charge in [-0.15, -0.1) is 0 Å². The number of piperidine rings is 1. The second-order valence-electron chi connectivity index (χ2n) is 6.35. The fourth-order valence-corrected chi connectivity index (χ4v) is 2.83. The van der Waals surface area contributed by atoms with E-state index in [2.05, 4.69) is 18.7 Å². The van der Waals surface area contributed by atoms with Crippen LogP contribution in [0.3, 0.4) is 0 Å². The summed E-state index contributed by atoms with van der Waals surface area (Å²) in [6.07, 6.45) is 2.31. The molecular weight excluding hydrogens is 255 g/mol. The van der Waals surface area contributed by atoms with Gasteiger partial charge in [-0.05, 0) is 49.0 Å². The molecule has 1 saturated heterocycles. The van der Waals surface area contributed by atoms with E-state index in [1.165, 1.54) is 7.11 Å². The van der Waals surface area contributed by atoms with Gasteiger partial charge >= 0.3 is 0 Å². The molecule has 1 fully saturated rings. The summed E-state index contributed by atoms with van der Waals surface area (Å²) in [7, 11) is 1.48. The van der Waals surface area contributed by atoms with E-state index in [0.717, 1.165) is 31.5 Å². The van der Waals surface area contributed by atoms with Crippen LogP contribution in [0.4, 0.5) is 4.39 Å². The first-order valence-corrected chi connectivity index (χ1v) is 7.24. The van der Waals surface area contributed by atoms with E-state index in [4.69, 9.17) is 10.5 Å². The molecule has 0 aliphatic carbocycles. The molecule has 1 aromatic carbocycles. The Bertz CT molecular complexity index is 452. The first-order valence-electron chi connectivity index (χ1n) is 7.24. The maximum atomic E-state index is 13.9. The molecule has 0 saturated carbocycles. The first kappa shape index (κ1) is 15.3. The minimum atomic E-state index is -0.319. The number of ether oxygens (including phenoxy) is 1. The maximum Gasteiger partial charge on any atom is 0.165 e. The topological polar surface area (TPSA) is 38.5 Å². The lowest BCUT2D eigenvalue weighted by Crippen LogP contribution is -2.42. The highest BCUT2D eigenvalue weighted by molar-refractivity contribution is 5.31. The van der Waals surface area contributed by atoms with Crippen LogP contribution in [0, 0.1) is 11.2 Å². The second kappa shape index (κ2) is 6.10. The number of nitrogens with two attached hydrogens (primary N) is 1. The molecule has 0 bridgehead atoms. The van der Waals surface area contributed by atoms with Crippen molar-refractivity contribution in [3.63, 3.8) is 0 Å². The van der Waals surface area contributed by atoms with Crippen LogP contribution in [0.15, 0.2) is 18.2 Å². The Labute approximate surface area is 120 Å². The third-order valence-corrected chi connectivity index (χ3v) is 4.38. The molecule has 2 rings (SSSR count). The minimum absolute atomic E-state index is 0.0894. The van der Waals surface area contributed by atoms with Gasteiger partial charge < -0.3 is 10.5 Å². The van der Waals surface area contributed by atoms with Crippen molar-refractivity contribution in [3.05, 3.63) is 29.6 Å². The average Bonchev–Trinajstić information content (AvgIpc) is 2.41.